The number of Topliss-reactive ketones (excluding diaryl/α,β-unsaturated/α-hetero) is 3. The number of anilines is 1. The highest BCUT2D eigenvalue weighted by atomic mass is 35.5. The van der Waals surface area contributed by atoms with Crippen molar-refractivity contribution in [2.75, 3.05) is 4.90 Å². The second-order valence-electron chi connectivity index (χ2n) is 10.3. The van der Waals surface area contributed by atoms with E-state index in [-0.39, 0.29) is 17.3 Å². The molecule has 0 amide bonds. The molecule has 1 spiro atoms. The van der Waals surface area contributed by atoms with Gasteiger partial charge in [-0.2, -0.15) is 0 Å². The molecular formula is C33H20Cl2FNO3. The lowest BCUT2D eigenvalue weighted by Crippen LogP contribution is -2.48. The maximum Gasteiger partial charge on any atom is 0.185 e. The lowest BCUT2D eigenvalue weighted by molar-refractivity contribution is 0.0666. The summed E-state index contributed by atoms with van der Waals surface area (Å²) in [6.45, 7) is 0. The molecule has 2 heterocycles. The van der Waals surface area contributed by atoms with Gasteiger partial charge in [-0.3, -0.25) is 14.4 Å². The van der Waals surface area contributed by atoms with E-state index in [0.717, 1.165) is 0 Å². The fourth-order valence-electron chi connectivity index (χ4n) is 6.81. The van der Waals surface area contributed by atoms with Crippen LogP contribution in [0.25, 0.3) is 6.08 Å². The van der Waals surface area contributed by atoms with Gasteiger partial charge < -0.3 is 4.90 Å². The minimum Gasteiger partial charge on any atom is -0.352 e. The predicted octanol–water partition coefficient (Wildman–Crippen LogP) is 7.45. The Balaban J connectivity index is 1.55. The second kappa shape index (κ2) is 8.98. The third-order valence-corrected chi connectivity index (χ3v) is 8.86. The summed E-state index contributed by atoms with van der Waals surface area (Å²) in [6, 6.07) is 22.8. The van der Waals surface area contributed by atoms with Gasteiger partial charge in [0.05, 0.1) is 6.04 Å². The standard InChI is InChI=1S/C33H20Cl2FNO3/c34-21-11-8-18(9-12-21)30(38)29-28(20-4-3-5-22(35)16-20)33(31(39)24-6-1-2-7-25(24)32(33)40)27-15-10-19-17-23(36)13-14-26(19)37(27)29/h1-17,27-29H/t27?,28-,29+/m0/s1. The Morgan fingerprint density at radius 2 is 1.50 bits per heavy atom. The summed E-state index contributed by atoms with van der Waals surface area (Å²) < 4.78 is 14.3. The van der Waals surface area contributed by atoms with Crippen molar-refractivity contribution in [2.45, 2.75) is 18.0 Å². The fraction of sp³-hybridized carbons (Fsp3) is 0.121. The van der Waals surface area contributed by atoms with Crippen molar-refractivity contribution in [3.05, 3.63) is 141 Å². The molecule has 196 valence electrons. The molecule has 1 saturated heterocycles. The molecule has 0 N–H and O–H groups in total. The second-order valence-corrected chi connectivity index (χ2v) is 11.2. The highest BCUT2D eigenvalue weighted by Gasteiger charge is 2.71. The van der Waals surface area contributed by atoms with E-state index in [2.05, 4.69) is 0 Å². The van der Waals surface area contributed by atoms with E-state index >= 15 is 0 Å². The molecule has 40 heavy (non-hydrogen) atoms. The van der Waals surface area contributed by atoms with Crippen molar-refractivity contribution in [3.63, 3.8) is 0 Å². The lowest BCUT2D eigenvalue weighted by Gasteiger charge is -2.37. The number of carbonyl (C=O) groups excluding carboxylic acids is 3. The predicted molar refractivity (Wildman–Crippen MR) is 153 cm³/mol. The number of fused-ring (bicyclic) bond motifs is 5. The molecule has 1 fully saturated rings. The molecule has 3 aliphatic rings. The van der Waals surface area contributed by atoms with Crippen molar-refractivity contribution in [2.24, 2.45) is 5.41 Å². The minimum atomic E-state index is -1.65. The van der Waals surface area contributed by atoms with E-state index in [9.17, 15) is 18.8 Å². The molecule has 7 rings (SSSR count). The largest absolute Gasteiger partial charge is 0.352 e. The zero-order valence-electron chi connectivity index (χ0n) is 20.9. The fourth-order valence-corrected chi connectivity index (χ4v) is 7.13. The molecule has 0 aromatic heterocycles. The SMILES string of the molecule is O=C(c1ccc(Cl)cc1)[C@H]1[C@H](c2cccc(Cl)c2)C2(C(=O)c3ccccc3C2=O)C2C=Cc3cc(F)ccc3N21. The Hall–Kier alpha value is -4.06. The Morgan fingerprint density at radius 1 is 0.800 bits per heavy atom. The molecule has 0 saturated carbocycles. The molecule has 1 unspecified atom stereocenters. The van der Waals surface area contributed by atoms with Gasteiger partial charge in [0.2, 0.25) is 0 Å². The van der Waals surface area contributed by atoms with Crippen molar-refractivity contribution < 1.29 is 18.8 Å². The number of hydrogen-bond donors (Lipinski definition) is 0. The lowest BCUT2D eigenvalue weighted by atomic mass is 9.64. The number of hydrogen-bond acceptors (Lipinski definition) is 4. The first kappa shape index (κ1) is 24.9. The molecule has 4 aromatic carbocycles. The summed E-state index contributed by atoms with van der Waals surface area (Å²) in [5, 5.41) is 0.894. The van der Waals surface area contributed by atoms with Crippen LogP contribution in [0.4, 0.5) is 10.1 Å². The Morgan fingerprint density at radius 3 is 2.17 bits per heavy atom. The van der Waals surface area contributed by atoms with E-state index in [1.54, 1.807) is 91.0 Å². The molecule has 7 heteroatoms. The van der Waals surface area contributed by atoms with Gasteiger partial charge in [-0.05, 0) is 60.2 Å². The van der Waals surface area contributed by atoms with E-state index in [0.29, 0.717) is 43.5 Å². The molecule has 3 atom stereocenters. The van der Waals surface area contributed by atoms with Gasteiger partial charge in [0.15, 0.2) is 17.3 Å². The Bertz CT molecular complexity index is 1750. The summed E-state index contributed by atoms with van der Waals surface area (Å²) >= 11 is 12.6. The average Bonchev–Trinajstić information content (AvgIpc) is 3.39. The van der Waals surface area contributed by atoms with Crippen molar-refractivity contribution in [1.29, 1.82) is 0 Å². The Kier molecular flexibility index (Phi) is 5.60. The quantitative estimate of drug-likeness (QED) is 0.190. The smallest absolute Gasteiger partial charge is 0.185 e. The van der Waals surface area contributed by atoms with Crippen LogP contribution in [-0.4, -0.2) is 29.4 Å². The van der Waals surface area contributed by atoms with Gasteiger partial charge in [-0.1, -0.05) is 71.8 Å². The van der Waals surface area contributed by atoms with Gasteiger partial charge >= 0.3 is 0 Å². The summed E-state index contributed by atoms with van der Waals surface area (Å²) in [7, 11) is 0. The van der Waals surface area contributed by atoms with Crippen LogP contribution < -0.4 is 4.90 Å². The van der Waals surface area contributed by atoms with Crippen LogP contribution in [0, 0.1) is 11.2 Å². The van der Waals surface area contributed by atoms with Crippen LogP contribution in [0.5, 0.6) is 0 Å². The number of halogens is 3. The molecule has 1 aliphatic carbocycles. The first-order valence-electron chi connectivity index (χ1n) is 12.8. The zero-order valence-corrected chi connectivity index (χ0v) is 22.4. The van der Waals surface area contributed by atoms with Crippen LogP contribution in [0.2, 0.25) is 10.0 Å². The maximum atomic E-state index is 14.6. The summed E-state index contributed by atoms with van der Waals surface area (Å²) in [4.78, 5) is 45.5. The van der Waals surface area contributed by atoms with Gasteiger partial charge in [0.1, 0.15) is 17.3 Å². The number of ketones is 3. The summed E-state index contributed by atoms with van der Waals surface area (Å²) in [6.07, 6.45) is 3.49. The number of carbonyl (C=O) groups is 3. The van der Waals surface area contributed by atoms with Crippen LogP contribution in [0.3, 0.4) is 0 Å². The summed E-state index contributed by atoms with van der Waals surface area (Å²) in [5.41, 5.74) is 1.12. The topological polar surface area (TPSA) is 54.5 Å². The number of benzene rings is 4. The van der Waals surface area contributed by atoms with Crippen molar-refractivity contribution in [3.8, 4) is 0 Å². The van der Waals surface area contributed by atoms with Crippen molar-refractivity contribution >= 4 is 52.3 Å². The highest BCUT2D eigenvalue weighted by Crippen LogP contribution is 2.61. The Labute approximate surface area is 239 Å². The highest BCUT2D eigenvalue weighted by molar-refractivity contribution is 6.33. The third kappa shape index (κ3) is 3.34. The molecular weight excluding hydrogens is 548 g/mol. The monoisotopic (exact) mass is 567 g/mol. The molecule has 4 nitrogen and oxygen atoms in total. The molecule has 0 bridgehead atoms. The zero-order chi connectivity index (χ0) is 27.8. The third-order valence-electron chi connectivity index (χ3n) is 8.37. The van der Waals surface area contributed by atoms with Crippen LogP contribution in [0.1, 0.15) is 48.1 Å². The summed E-state index contributed by atoms with van der Waals surface area (Å²) in [5.74, 6) is -2.29. The van der Waals surface area contributed by atoms with Crippen molar-refractivity contribution in [1.82, 2.24) is 0 Å². The molecule has 4 aromatic rings. The van der Waals surface area contributed by atoms with Gasteiger partial charge in [0.25, 0.3) is 0 Å². The average molecular weight is 568 g/mol. The van der Waals surface area contributed by atoms with E-state index < -0.39 is 29.2 Å². The van der Waals surface area contributed by atoms with Crippen LogP contribution in [-0.2, 0) is 0 Å². The minimum absolute atomic E-state index is 0.286. The van der Waals surface area contributed by atoms with E-state index in [1.807, 2.05) is 4.90 Å². The van der Waals surface area contributed by atoms with Crippen LogP contribution >= 0.6 is 23.2 Å². The van der Waals surface area contributed by atoms with E-state index in [4.69, 9.17) is 23.2 Å². The van der Waals surface area contributed by atoms with Crippen LogP contribution in [0.15, 0.2) is 97.1 Å². The maximum absolute atomic E-state index is 14.6. The molecule has 2 aliphatic heterocycles. The van der Waals surface area contributed by atoms with Gasteiger partial charge in [-0.25, -0.2) is 4.39 Å². The molecule has 0 radical (unpaired) electrons. The number of nitrogens with zero attached hydrogens (tertiary/aromatic N) is 1. The first-order valence-corrected chi connectivity index (χ1v) is 13.6. The van der Waals surface area contributed by atoms with Gasteiger partial charge in [0, 0.05) is 43.9 Å². The first-order chi connectivity index (χ1) is 19.3. The normalized spacial score (nSPS) is 21.9. The van der Waals surface area contributed by atoms with Gasteiger partial charge in [-0.15, -0.1) is 0 Å². The number of rotatable bonds is 3. The van der Waals surface area contributed by atoms with E-state index in [1.165, 1.54) is 12.1 Å².